The monoisotopic (exact) mass is 232 g/mol. The highest BCUT2D eigenvalue weighted by atomic mass is 35.5. The summed E-state index contributed by atoms with van der Waals surface area (Å²) in [5, 5.41) is 0.724. The van der Waals surface area contributed by atoms with Crippen molar-refractivity contribution >= 4 is 11.6 Å². The standard InChI is InChI=1S/C13H13ClN2/c1-9-8-11(6-7-16-9)13(15)10-2-4-12(14)5-3-10/h2-8,13H,15H2,1H3. The van der Waals surface area contributed by atoms with E-state index in [4.69, 9.17) is 17.3 Å². The fourth-order valence-electron chi connectivity index (χ4n) is 1.62. The minimum atomic E-state index is -0.126. The first kappa shape index (κ1) is 11.1. The molecule has 1 unspecified atom stereocenters. The number of rotatable bonds is 2. The number of benzene rings is 1. The second-order valence-corrected chi connectivity index (χ2v) is 4.20. The Balaban J connectivity index is 2.31. The van der Waals surface area contributed by atoms with Crippen LogP contribution in [0.4, 0.5) is 0 Å². The van der Waals surface area contributed by atoms with Crippen LogP contribution in [0.2, 0.25) is 5.02 Å². The van der Waals surface area contributed by atoms with Crippen LogP contribution in [0.5, 0.6) is 0 Å². The molecule has 0 aliphatic carbocycles. The molecule has 1 aromatic heterocycles. The Morgan fingerprint density at radius 2 is 1.81 bits per heavy atom. The maximum atomic E-state index is 6.16. The average Bonchev–Trinajstić information content (AvgIpc) is 2.29. The Labute approximate surface area is 100 Å². The quantitative estimate of drug-likeness (QED) is 0.864. The summed E-state index contributed by atoms with van der Waals surface area (Å²) in [6.45, 7) is 1.96. The Hall–Kier alpha value is -1.38. The van der Waals surface area contributed by atoms with E-state index in [1.54, 1.807) is 6.20 Å². The lowest BCUT2D eigenvalue weighted by atomic mass is 10.0. The second kappa shape index (κ2) is 4.64. The second-order valence-electron chi connectivity index (χ2n) is 3.76. The predicted octanol–water partition coefficient (Wildman–Crippen LogP) is 3.09. The number of nitrogens with two attached hydrogens (primary N) is 1. The van der Waals surface area contributed by atoms with Crippen molar-refractivity contribution in [1.82, 2.24) is 4.98 Å². The van der Waals surface area contributed by atoms with E-state index in [0.29, 0.717) is 0 Å². The molecule has 3 heteroatoms. The third-order valence-corrected chi connectivity index (χ3v) is 2.76. The normalized spacial score (nSPS) is 12.4. The molecular weight excluding hydrogens is 220 g/mol. The number of halogens is 1. The molecule has 0 bridgehead atoms. The summed E-state index contributed by atoms with van der Waals surface area (Å²) in [7, 11) is 0. The van der Waals surface area contributed by atoms with E-state index in [1.165, 1.54) is 0 Å². The number of aromatic nitrogens is 1. The molecule has 0 aliphatic heterocycles. The molecule has 0 radical (unpaired) electrons. The van der Waals surface area contributed by atoms with E-state index >= 15 is 0 Å². The highest BCUT2D eigenvalue weighted by Crippen LogP contribution is 2.21. The molecule has 0 amide bonds. The molecule has 0 fully saturated rings. The Morgan fingerprint density at radius 1 is 1.12 bits per heavy atom. The lowest BCUT2D eigenvalue weighted by Gasteiger charge is -2.12. The van der Waals surface area contributed by atoms with E-state index in [9.17, 15) is 0 Å². The SMILES string of the molecule is Cc1cc(C(N)c2ccc(Cl)cc2)ccn1. The summed E-state index contributed by atoms with van der Waals surface area (Å²) < 4.78 is 0. The van der Waals surface area contributed by atoms with Gasteiger partial charge in [-0.25, -0.2) is 0 Å². The van der Waals surface area contributed by atoms with Crippen LogP contribution in [-0.2, 0) is 0 Å². The Kier molecular flexibility index (Phi) is 3.22. The number of hydrogen-bond acceptors (Lipinski definition) is 2. The van der Waals surface area contributed by atoms with Crippen molar-refractivity contribution in [2.45, 2.75) is 13.0 Å². The number of nitrogens with zero attached hydrogens (tertiary/aromatic N) is 1. The van der Waals surface area contributed by atoms with Gasteiger partial charge in [-0.1, -0.05) is 23.7 Å². The van der Waals surface area contributed by atoms with Crippen LogP contribution in [0.3, 0.4) is 0 Å². The van der Waals surface area contributed by atoms with E-state index in [0.717, 1.165) is 21.8 Å². The maximum absolute atomic E-state index is 6.16. The zero-order valence-electron chi connectivity index (χ0n) is 9.02. The molecular formula is C13H13ClN2. The van der Waals surface area contributed by atoms with Crippen LogP contribution >= 0.6 is 11.6 Å². The van der Waals surface area contributed by atoms with Gasteiger partial charge in [-0.2, -0.15) is 0 Å². The zero-order chi connectivity index (χ0) is 11.5. The van der Waals surface area contributed by atoms with Gasteiger partial charge in [0.2, 0.25) is 0 Å². The molecule has 2 nitrogen and oxygen atoms in total. The van der Waals surface area contributed by atoms with Crippen molar-refractivity contribution in [1.29, 1.82) is 0 Å². The molecule has 2 aromatic rings. The average molecular weight is 233 g/mol. The van der Waals surface area contributed by atoms with E-state index in [1.807, 2.05) is 43.3 Å². The van der Waals surface area contributed by atoms with Crippen molar-refractivity contribution < 1.29 is 0 Å². The van der Waals surface area contributed by atoms with Crippen LogP contribution in [0.15, 0.2) is 42.6 Å². The summed E-state index contributed by atoms with van der Waals surface area (Å²) in [5.74, 6) is 0. The number of hydrogen-bond donors (Lipinski definition) is 1. The first-order valence-electron chi connectivity index (χ1n) is 5.10. The van der Waals surface area contributed by atoms with Gasteiger partial charge in [-0.05, 0) is 42.3 Å². The summed E-state index contributed by atoms with van der Waals surface area (Å²) in [5.41, 5.74) is 9.25. The van der Waals surface area contributed by atoms with Gasteiger partial charge in [-0.3, -0.25) is 4.98 Å². The van der Waals surface area contributed by atoms with Crippen molar-refractivity contribution in [2.75, 3.05) is 0 Å². The molecule has 0 saturated heterocycles. The minimum Gasteiger partial charge on any atom is -0.320 e. The van der Waals surface area contributed by atoms with Gasteiger partial charge < -0.3 is 5.73 Å². The van der Waals surface area contributed by atoms with Crippen LogP contribution in [0, 0.1) is 6.92 Å². The van der Waals surface area contributed by atoms with Crippen LogP contribution < -0.4 is 5.73 Å². The minimum absolute atomic E-state index is 0.126. The molecule has 16 heavy (non-hydrogen) atoms. The molecule has 1 heterocycles. The zero-order valence-corrected chi connectivity index (χ0v) is 9.78. The Morgan fingerprint density at radius 3 is 2.44 bits per heavy atom. The summed E-state index contributed by atoms with van der Waals surface area (Å²) in [6, 6.07) is 11.4. The molecule has 0 aliphatic rings. The Bertz CT molecular complexity index is 480. The molecule has 82 valence electrons. The first-order chi connectivity index (χ1) is 7.66. The van der Waals surface area contributed by atoms with Gasteiger partial charge in [-0.15, -0.1) is 0 Å². The lowest BCUT2D eigenvalue weighted by molar-refractivity contribution is 0.864. The van der Waals surface area contributed by atoms with Gasteiger partial charge >= 0.3 is 0 Å². The highest BCUT2D eigenvalue weighted by Gasteiger charge is 2.08. The van der Waals surface area contributed by atoms with Crippen molar-refractivity contribution in [3.05, 3.63) is 64.4 Å². The maximum Gasteiger partial charge on any atom is 0.0552 e. The first-order valence-corrected chi connectivity index (χ1v) is 5.48. The smallest absolute Gasteiger partial charge is 0.0552 e. The van der Waals surface area contributed by atoms with E-state index < -0.39 is 0 Å². The molecule has 1 aromatic carbocycles. The van der Waals surface area contributed by atoms with Crippen LogP contribution in [0.25, 0.3) is 0 Å². The van der Waals surface area contributed by atoms with Gasteiger partial charge in [0.25, 0.3) is 0 Å². The molecule has 0 spiro atoms. The predicted molar refractivity (Wildman–Crippen MR) is 66.5 cm³/mol. The lowest BCUT2D eigenvalue weighted by Crippen LogP contribution is -2.11. The molecule has 1 atom stereocenters. The third kappa shape index (κ3) is 2.40. The van der Waals surface area contributed by atoms with Crippen molar-refractivity contribution in [2.24, 2.45) is 5.73 Å². The summed E-state index contributed by atoms with van der Waals surface area (Å²) in [4.78, 5) is 4.15. The summed E-state index contributed by atoms with van der Waals surface area (Å²) in [6.07, 6.45) is 1.78. The summed E-state index contributed by atoms with van der Waals surface area (Å²) >= 11 is 5.84. The van der Waals surface area contributed by atoms with E-state index in [-0.39, 0.29) is 6.04 Å². The van der Waals surface area contributed by atoms with Crippen LogP contribution in [-0.4, -0.2) is 4.98 Å². The number of pyridine rings is 1. The van der Waals surface area contributed by atoms with Crippen LogP contribution in [0.1, 0.15) is 22.9 Å². The number of aryl methyl sites for hydroxylation is 1. The van der Waals surface area contributed by atoms with Gasteiger partial charge in [0.15, 0.2) is 0 Å². The fourth-order valence-corrected chi connectivity index (χ4v) is 1.75. The van der Waals surface area contributed by atoms with Crippen molar-refractivity contribution in [3.8, 4) is 0 Å². The topological polar surface area (TPSA) is 38.9 Å². The van der Waals surface area contributed by atoms with E-state index in [2.05, 4.69) is 4.98 Å². The van der Waals surface area contributed by atoms with Gasteiger partial charge in [0.1, 0.15) is 0 Å². The molecule has 0 saturated carbocycles. The van der Waals surface area contributed by atoms with Gasteiger partial charge in [0, 0.05) is 16.9 Å². The molecule has 2 N–H and O–H groups in total. The third-order valence-electron chi connectivity index (χ3n) is 2.51. The largest absolute Gasteiger partial charge is 0.320 e. The molecule has 2 rings (SSSR count). The highest BCUT2D eigenvalue weighted by molar-refractivity contribution is 6.30. The van der Waals surface area contributed by atoms with Crippen molar-refractivity contribution in [3.63, 3.8) is 0 Å². The fraction of sp³-hybridized carbons (Fsp3) is 0.154. The van der Waals surface area contributed by atoms with Gasteiger partial charge in [0.05, 0.1) is 6.04 Å².